The summed E-state index contributed by atoms with van der Waals surface area (Å²) in [6.07, 6.45) is 1.46. The highest BCUT2D eigenvalue weighted by Gasteiger charge is 2.51. The monoisotopic (exact) mass is 318 g/mol. The predicted octanol–water partition coefficient (Wildman–Crippen LogP) is 1.93. The van der Waals surface area contributed by atoms with Gasteiger partial charge in [-0.05, 0) is 19.1 Å². The maximum atomic E-state index is 12.6. The lowest BCUT2D eigenvalue weighted by molar-refractivity contribution is -0.132. The van der Waals surface area contributed by atoms with Crippen LogP contribution in [0.3, 0.4) is 0 Å². The molecule has 2 aromatic heterocycles. The molecule has 1 fully saturated rings. The lowest BCUT2D eigenvalue weighted by atomic mass is 9.97. The number of carbonyl (C=O) groups excluding carboxylic acids is 2. The summed E-state index contributed by atoms with van der Waals surface area (Å²) in [6.45, 7) is 7.35. The summed E-state index contributed by atoms with van der Waals surface area (Å²) in [6, 6.07) is 2.79. The van der Waals surface area contributed by atoms with E-state index >= 15 is 0 Å². The minimum absolute atomic E-state index is 0.0550. The van der Waals surface area contributed by atoms with Gasteiger partial charge in [-0.2, -0.15) is 4.98 Å². The highest BCUT2D eigenvalue weighted by molar-refractivity contribution is 6.06. The number of urea groups is 1. The van der Waals surface area contributed by atoms with Gasteiger partial charge in [-0.25, -0.2) is 4.79 Å². The first-order valence-corrected chi connectivity index (χ1v) is 7.23. The van der Waals surface area contributed by atoms with E-state index in [1.165, 1.54) is 6.26 Å². The quantitative estimate of drug-likeness (QED) is 0.868. The maximum absolute atomic E-state index is 12.6. The third-order valence-electron chi connectivity index (χ3n) is 3.70. The second-order valence-corrected chi connectivity index (χ2v) is 6.69. The number of aromatic nitrogens is 2. The van der Waals surface area contributed by atoms with Gasteiger partial charge >= 0.3 is 6.03 Å². The maximum Gasteiger partial charge on any atom is 0.325 e. The van der Waals surface area contributed by atoms with Crippen LogP contribution in [-0.2, 0) is 22.3 Å². The van der Waals surface area contributed by atoms with Crippen LogP contribution in [0.1, 0.15) is 45.2 Å². The third-order valence-corrected chi connectivity index (χ3v) is 3.70. The van der Waals surface area contributed by atoms with Crippen LogP contribution in [0.4, 0.5) is 4.79 Å². The van der Waals surface area contributed by atoms with Gasteiger partial charge in [-0.1, -0.05) is 25.9 Å². The van der Waals surface area contributed by atoms with Crippen LogP contribution in [0.5, 0.6) is 0 Å². The summed E-state index contributed by atoms with van der Waals surface area (Å²) < 4.78 is 10.5. The van der Waals surface area contributed by atoms with Gasteiger partial charge in [0, 0.05) is 5.41 Å². The normalized spacial score (nSPS) is 21.8. The zero-order chi connectivity index (χ0) is 16.8. The third kappa shape index (κ3) is 2.49. The SMILES string of the molecule is CC(C)(C)c1nc(CN2C(=O)NC(C)(c3ccco3)C2=O)no1. The number of carbonyl (C=O) groups is 2. The van der Waals surface area contributed by atoms with Crippen molar-refractivity contribution in [3.8, 4) is 0 Å². The lowest BCUT2D eigenvalue weighted by Gasteiger charge is -2.18. The minimum Gasteiger partial charge on any atom is -0.466 e. The average Bonchev–Trinajstić information content (AvgIpc) is 3.16. The number of nitrogens with zero attached hydrogens (tertiary/aromatic N) is 3. The molecule has 0 radical (unpaired) electrons. The second-order valence-electron chi connectivity index (χ2n) is 6.69. The zero-order valence-corrected chi connectivity index (χ0v) is 13.4. The second kappa shape index (κ2) is 4.94. The number of rotatable bonds is 3. The van der Waals surface area contributed by atoms with Crippen molar-refractivity contribution in [3.63, 3.8) is 0 Å². The van der Waals surface area contributed by atoms with Gasteiger partial charge in [-0.15, -0.1) is 0 Å². The fourth-order valence-corrected chi connectivity index (χ4v) is 2.33. The molecular weight excluding hydrogens is 300 g/mol. The summed E-state index contributed by atoms with van der Waals surface area (Å²) in [7, 11) is 0. The fraction of sp³-hybridized carbons (Fsp3) is 0.467. The van der Waals surface area contributed by atoms with Gasteiger partial charge < -0.3 is 14.3 Å². The number of amides is 3. The van der Waals surface area contributed by atoms with Crippen LogP contribution >= 0.6 is 0 Å². The molecule has 8 heteroatoms. The molecule has 3 amide bonds. The summed E-state index contributed by atoms with van der Waals surface area (Å²) in [5.41, 5.74) is -1.53. The van der Waals surface area contributed by atoms with Gasteiger partial charge in [0.1, 0.15) is 5.76 Å². The van der Waals surface area contributed by atoms with Crippen LogP contribution in [0.25, 0.3) is 0 Å². The van der Waals surface area contributed by atoms with E-state index in [1.54, 1.807) is 19.1 Å². The Labute approximate surface area is 132 Å². The molecule has 0 bridgehead atoms. The average molecular weight is 318 g/mol. The Balaban J connectivity index is 1.83. The summed E-state index contributed by atoms with van der Waals surface area (Å²) in [5.74, 6) is 0.692. The Hall–Kier alpha value is -2.64. The van der Waals surface area contributed by atoms with Crippen molar-refractivity contribution in [2.24, 2.45) is 0 Å². The molecule has 3 rings (SSSR count). The molecule has 122 valence electrons. The van der Waals surface area contributed by atoms with E-state index in [1.807, 2.05) is 20.8 Å². The molecule has 1 unspecified atom stereocenters. The van der Waals surface area contributed by atoms with Crippen LogP contribution in [0.2, 0.25) is 0 Å². The van der Waals surface area contributed by atoms with E-state index in [-0.39, 0.29) is 17.8 Å². The number of nitrogens with one attached hydrogen (secondary N) is 1. The minimum atomic E-state index is -1.23. The Kier molecular flexibility index (Phi) is 3.28. The number of imide groups is 1. The highest BCUT2D eigenvalue weighted by atomic mass is 16.5. The van der Waals surface area contributed by atoms with E-state index in [2.05, 4.69) is 15.5 Å². The van der Waals surface area contributed by atoms with Crippen molar-refractivity contribution in [2.75, 3.05) is 0 Å². The Morgan fingerprint density at radius 1 is 1.35 bits per heavy atom. The first-order valence-electron chi connectivity index (χ1n) is 7.23. The Bertz CT molecular complexity index is 744. The lowest BCUT2D eigenvalue weighted by Crippen LogP contribution is -2.40. The van der Waals surface area contributed by atoms with Crippen molar-refractivity contribution < 1.29 is 18.5 Å². The van der Waals surface area contributed by atoms with Crippen molar-refractivity contribution >= 4 is 11.9 Å². The van der Waals surface area contributed by atoms with Crippen molar-refractivity contribution in [2.45, 2.75) is 45.2 Å². The van der Waals surface area contributed by atoms with Crippen LogP contribution in [0.15, 0.2) is 27.3 Å². The van der Waals surface area contributed by atoms with Crippen molar-refractivity contribution in [1.82, 2.24) is 20.4 Å². The fourth-order valence-electron chi connectivity index (χ4n) is 2.33. The van der Waals surface area contributed by atoms with E-state index < -0.39 is 17.5 Å². The van der Waals surface area contributed by atoms with Gasteiger partial charge in [0.25, 0.3) is 5.91 Å². The van der Waals surface area contributed by atoms with E-state index in [4.69, 9.17) is 8.94 Å². The largest absolute Gasteiger partial charge is 0.466 e. The van der Waals surface area contributed by atoms with Crippen molar-refractivity contribution in [1.29, 1.82) is 0 Å². The zero-order valence-electron chi connectivity index (χ0n) is 13.4. The molecule has 0 spiro atoms. The molecule has 1 saturated heterocycles. The highest BCUT2D eigenvalue weighted by Crippen LogP contribution is 2.30. The molecule has 0 aromatic carbocycles. The molecule has 8 nitrogen and oxygen atoms in total. The number of furan rings is 1. The van der Waals surface area contributed by atoms with Gasteiger partial charge in [0.05, 0.1) is 12.8 Å². The van der Waals surface area contributed by atoms with Crippen LogP contribution < -0.4 is 5.32 Å². The van der Waals surface area contributed by atoms with E-state index in [9.17, 15) is 9.59 Å². The molecule has 1 aliphatic heterocycles. The summed E-state index contributed by atoms with van der Waals surface area (Å²) in [5, 5.41) is 6.49. The van der Waals surface area contributed by atoms with Crippen molar-refractivity contribution in [3.05, 3.63) is 35.9 Å². The van der Waals surface area contributed by atoms with E-state index in [0.717, 1.165) is 4.90 Å². The first-order chi connectivity index (χ1) is 10.7. The Morgan fingerprint density at radius 3 is 2.65 bits per heavy atom. The smallest absolute Gasteiger partial charge is 0.325 e. The molecule has 23 heavy (non-hydrogen) atoms. The molecule has 1 aliphatic rings. The summed E-state index contributed by atoms with van der Waals surface area (Å²) in [4.78, 5) is 30.1. The molecule has 3 heterocycles. The predicted molar refractivity (Wildman–Crippen MR) is 78.1 cm³/mol. The molecule has 1 N–H and O–H groups in total. The Morgan fingerprint density at radius 2 is 2.09 bits per heavy atom. The topological polar surface area (TPSA) is 101 Å². The molecule has 0 aliphatic carbocycles. The van der Waals surface area contributed by atoms with Gasteiger partial charge in [-0.3, -0.25) is 9.69 Å². The molecule has 0 saturated carbocycles. The van der Waals surface area contributed by atoms with Gasteiger partial charge in [0.15, 0.2) is 11.4 Å². The standard InChI is InChI=1S/C15H18N4O4/c1-14(2,3)11-16-10(18-23-11)8-19-12(20)15(4,17-13(19)21)9-6-5-7-22-9/h5-7H,8H2,1-4H3,(H,17,21). The molecular formula is C15H18N4O4. The number of hydrogen-bond donors (Lipinski definition) is 1. The van der Waals surface area contributed by atoms with Crippen LogP contribution in [0, 0.1) is 0 Å². The van der Waals surface area contributed by atoms with E-state index in [0.29, 0.717) is 11.7 Å². The molecule has 2 aromatic rings. The van der Waals surface area contributed by atoms with Crippen LogP contribution in [-0.4, -0.2) is 27.0 Å². The summed E-state index contributed by atoms with van der Waals surface area (Å²) >= 11 is 0. The molecule has 1 atom stereocenters. The number of hydrogen-bond acceptors (Lipinski definition) is 6. The first kappa shape index (κ1) is 15.3. The van der Waals surface area contributed by atoms with Gasteiger partial charge in [0.2, 0.25) is 5.89 Å².